The van der Waals surface area contributed by atoms with E-state index in [-0.39, 0.29) is 11.6 Å². The summed E-state index contributed by atoms with van der Waals surface area (Å²) in [5, 5.41) is 13.8. The lowest BCUT2D eigenvalue weighted by Gasteiger charge is -2.30. The number of hydrogen-bond acceptors (Lipinski definition) is 5. The molecular weight excluding hydrogens is 308 g/mol. The zero-order valence-electron chi connectivity index (χ0n) is 15.4. The van der Waals surface area contributed by atoms with Gasteiger partial charge in [0.2, 0.25) is 0 Å². The topological polar surface area (TPSA) is 78.7 Å². The van der Waals surface area contributed by atoms with Gasteiger partial charge in [0.05, 0.1) is 10.5 Å². The minimum absolute atomic E-state index is 0.0864. The summed E-state index contributed by atoms with van der Waals surface area (Å²) in [5.41, 5.74) is 0.884. The van der Waals surface area contributed by atoms with Crippen molar-refractivity contribution in [1.29, 1.82) is 0 Å². The average Bonchev–Trinajstić information content (AvgIpc) is 2.49. The van der Waals surface area contributed by atoms with Crippen LogP contribution in [0.5, 0.6) is 0 Å². The molecule has 0 unspecified atom stereocenters. The molecule has 7 nitrogen and oxygen atoms in total. The molecule has 0 heterocycles. The Balaban J connectivity index is 2.86. The largest absolute Gasteiger partial charge is 0.377 e. The van der Waals surface area contributed by atoms with Crippen molar-refractivity contribution in [2.24, 2.45) is 0 Å². The predicted molar refractivity (Wildman–Crippen MR) is 96.7 cm³/mol. The minimum Gasteiger partial charge on any atom is -0.377 e. The quantitative estimate of drug-likeness (QED) is 0.583. The lowest BCUT2D eigenvalue weighted by Crippen LogP contribution is -2.42. The molecule has 0 aliphatic carbocycles. The molecule has 0 saturated carbocycles. The van der Waals surface area contributed by atoms with Gasteiger partial charge in [0, 0.05) is 57.1 Å². The van der Waals surface area contributed by atoms with Crippen molar-refractivity contribution in [3.8, 4) is 0 Å². The van der Waals surface area contributed by atoms with E-state index < -0.39 is 4.92 Å². The van der Waals surface area contributed by atoms with Crippen LogP contribution in [0.1, 0.15) is 38.1 Å². The van der Waals surface area contributed by atoms with Gasteiger partial charge in [0.1, 0.15) is 0 Å². The van der Waals surface area contributed by atoms with Gasteiger partial charge in [0.25, 0.3) is 11.6 Å². The van der Waals surface area contributed by atoms with E-state index >= 15 is 0 Å². The monoisotopic (exact) mass is 336 g/mol. The molecule has 7 heteroatoms. The fourth-order valence-electron chi connectivity index (χ4n) is 2.72. The Bertz CT molecular complexity index is 577. The Morgan fingerprint density at radius 3 is 2.25 bits per heavy atom. The van der Waals surface area contributed by atoms with Crippen molar-refractivity contribution >= 4 is 17.3 Å². The number of benzene rings is 1. The summed E-state index contributed by atoms with van der Waals surface area (Å²) in [6.07, 6.45) is 0. The van der Waals surface area contributed by atoms with Gasteiger partial charge < -0.3 is 10.2 Å². The number of nitrogens with one attached hydrogen (secondary N) is 1. The van der Waals surface area contributed by atoms with Gasteiger partial charge in [-0.05, 0) is 33.8 Å². The van der Waals surface area contributed by atoms with E-state index in [0.717, 1.165) is 6.54 Å². The molecule has 1 aromatic carbocycles. The Morgan fingerprint density at radius 1 is 1.21 bits per heavy atom. The minimum atomic E-state index is -0.491. The van der Waals surface area contributed by atoms with Crippen molar-refractivity contribution in [3.05, 3.63) is 33.9 Å². The van der Waals surface area contributed by atoms with Gasteiger partial charge in [-0.3, -0.25) is 19.8 Å². The van der Waals surface area contributed by atoms with Crippen LogP contribution in [0, 0.1) is 10.1 Å². The smallest absolute Gasteiger partial charge is 0.270 e. The molecule has 134 valence electrons. The van der Waals surface area contributed by atoms with Gasteiger partial charge >= 0.3 is 0 Å². The molecule has 0 fully saturated rings. The number of carbonyl (C=O) groups is 1. The first-order chi connectivity index (χ1) is 11.1. The summed E-state index contributed by atoms with van der Waals surface area (Å²) in [6.45, 7) is 9.69. The van der Waals surface area contributed by atoms with Crippen LogP contribution in [0.4, 0.5) is 11.4 Å². The molecule has 0 spiro atoms. The van der Waals surface area contributed by atoms with Crippen LogP contribution in [0.25, 0.3) is 0 Å². The average molecular weight is 336 g/mol. The van der Waals surface area contributed by atoms with E-state index in [1.54, 1.807) is 25.1 Å². The van der Waals surface area contributed by atoms with E-state index in [0.29, 0.717) is 29.9 Å². The summed E-state index contributed by atoms with van der Waals surface area (Å²) in [7, 11) is 3.61. The van der Waals surface area contributed by atoms with Gasteiger partial charge in [-0.1, -0.05) is 0 Å². The third-order valence-electron chi connectivity index (χ3n) is 3.90. The predicted octanol–water partition coefficient (Wildman–Crippen LogP) is 2.51. The van der Waals surface area contributed by atoms with Gasteiger partial charge in [-0.15, -0.1) is 0 Å². The Hall–Kier alpha value is -2.15. The second-order valence-corrected chi connectivity index (χ2v) is 6.53. The van der Waals surface area contributed by atoms with Gasteiger partial charge in [-0.25, -0.2) is 0 Å². The number of nitro groups is 1. The van der Waals surface area contributed by atoms with E-state index in [4.69, 9.17) is 0 Å². The van der Waals surface area contributed by atoms with Crippen molar-refractivity contribution in [1.82, 2.24) is 10.2 Å². The zero-order valence-corrected chi connectivity index (χ0v) is 15.4. The first-order valence-electron chi connectivity index (χ1n) is 8.14. The summed E-state index contributed by atoms with van der Waals surface area (Å²) in [4.78, 5) is 27.0. The number of carbonyl (C=O) groups excluding carboxylic acids is 1. The van der Waals surface area contributed by atoms with Crippen LogP contribution in [-0.2, 0) is 0 Å². The Kier molecular flexibility index (Phi) is 7.16. The zero-order chi connectivity index (χ0) is 18.4. The van der Waals surface area contributed by atoms with Gasteiger partial charge in [0.15, 0.2) is 0 Å². The molecule has 0 aliphatic heterocycles. The maximum absolute atomic E-state index is 12.5. The van der Waals surface area contributed by atoms with Crippen molar-refractivity contribution in [2.75, 3.05) is 32.1 Å². The number of rotatable bonds is 8. The molecule has 0 saturated heterocycles. The standard InChI is InChI=1S/C17H28N4O3/c1-12(2)20(13(3)4)10-9-18-17(22)15-11-14(21(23)24)7-8-16(15)19(5)6/h7-8,11-13H,9-10H2,1-6H3,(H,18,22). The number of hydrogen-bond donors (Lipinski definition) is 1. The molecular formula is C17H28N4O3. The van der Waals surface area contributed by atoms with Crippen LogP contribution in [0.3, 0.4) is 0 Å². The van der Waals surface area contributed by atoms with E-state index in [1.807, 2.05) is 0 Å². The number of anilines is 1. The number of amides is 1. The molecule has 0 aromatic heterocycles. The molecule has 1 aromatic rings. The number of non-ortho nitro benzene ring substituents is 1. The highest BCUT2D eigenvalue weighted by molar-refractivity contribution is 6.00. The number of nitro benzene ring substituents is 1. The van der Waals surface area contributed by atoms with Crippen LogP contribution < -0.4 is 10.2 Å². The Morgan fingerprint density at radius 2 is 1.79 bits per heavy atom. The molecule has 0 aliphatic rings. The summed E-state index contributed by atoms with van der Waals surface area (Å²) >= 11 is 0. The third kappa shape index (κ3) is 5.19. The van der Waals surface area contributed by atoms with E-state index in [9.17, 15) is 14.9 Å². The molecule has 0 bridgehead atoms. The highest BCUT2D eigenvalue weighted by atomic mass is 16.6. The summed E-state index contributed by atoms with van der Waals surface area (Å²) < 4.78 is 0. The van der Waals surface area contributed by atoms with Crippen LogP contribution in [0.2, 0.25) is 0 Å². The van der Waals surface area contributed by atoms with Gasteiger partial charge in [-0.2, -0.15) is 0 Å². The molecule has 1 rings (SSSR count). The fraction of sp³-hybridized carbons (Fsp3) is 0.588. The van der Waals surface area contributed by atoms with Crippen LogP contribution >= 0.6 is 0 Å². The lowest BCUT2D eigenvalue weighted by molar-refractivity contribution is -0.384. The van der Waals surface area contributed by atoms with Crippen molar-refractivity contribution in [2.45, 2.75) is 39.8 Å². The maximum atomic E-state index is 12.5. The Labute approximate surface area is 143 Å². The van der Waals surface area contributed by atoms with Crippen molar-refractivity contribution in [3.63, 3.8) is 0 Å². The third-order valence-corrected chi connectivity index (χ3v) is 3.90. The normalized spacial score (nSPS) is 11.2. The number of nitrogens with zero attached hydrogens (tertiary/aromatic N) is 3. The summed E-state index contributed by atoms with van der Waals surface area (Å²) in [6, 6.07) is 5.11. The highest BCUT2D eigenvalue weighted by Gasteiger charge is 2.18. The van der Waals surface area contributed by atoms with Crippen molar-refractivity contribution < 1.29 is 9.72 Å². The first-order valence-corrected chi connectivity index (χ1v) is 8.14. The molecule has 0 radical (unpaired) electrons. The van der Waals surface area contributed by atoms with Crippen LogP contribution in [0.15, 0.2) is 18.2 Å². The molecule has 24 heavy (non-hydrogen) atoms. The molecule has 1 N–H and O–H groups in total. The molecule has 0 atom stereocenters. The molecule has 1 amide bonds. The maximum Gasteiger partial charge on any atom is 0.270 e. The lowest BCUT2D eigenvalue weighted by atomic mass is 10.1. The SMILES string of the molecule is CC(C)N(CCNC(=O)c1cc([N+](=O)[O-])ccc1N(C)C)C(C)C. The van der Waals surface area contributed by atoms with E-state index in [2.05, 4.69) is 37.9 Å². The van der Waals surface area contributed by atoms with Crippen LogP contribution in [-0.4, -0.2) is 55.0 Å². The highest BCUT2D eigenvalue weighted by Crippen LogP contribution is 2.24. The second kappa shape index (κ2) is 8.63. The van der Waals surface area contributed by atoms with E-state index in [1.165, 1.54) is 12.1 Å². The second-order valence-electron chi connectivity index (χ2n) is 6.53. The fourth-order valence-corrected chi connectivity index (χ4v) is 2.72. The summed E-state index contributed by atoms with van der Waals surface area (Å²) in [5.74, 6) is -0.296. The first kappa shape index (κ1) is 19.9.